The summed E-state index contributed by atoms with van der Waals surface area (Å²) in [5, 5.41) is 120. The molecule has 0 bridgehead atoms. The van der Waals surface area contributed by atoms with E-state index in [0.29, 0.717) is 12.8 Å². The lowest BCUT2D eigenvalue weighted by atomic mass is 9.96. The Morgan fingerprint density at radius 2 is 0.640 bits per heavy atom. The predicted octanol–water partition coefficient (Wildman–Crippen LogP) is 10.3. The number of nitrogens with one attached hydrogen (secondary N) is 1. The largest absolute Gasteiger partial charge is 0.394 e. The Morgan fingerprint density at radius 3 is 0.978 bits per heavy atom. The van der Waals surface area contributed by atoms with Crippen molar-refractivity contribution in [2.45, 2.75) is 413 Å². The van der Waals surface area contributed by atoms with Crippen molar-refractivity contribution in [3.8, 4) is 0 Å². The maximum atomic E-state index is 13.4. The van der Waals surface area contributed by atoms with Gasteiger partial charge < -0.3 is 89.9 Å². The molecular weight excluding hydrogens is 1140 g/mol. The SMILES string of the molecule is CCCCCCCCCCCCCCCCCCCCCCCCCCCCCCCCCCCC(=O)NC(COC1OC(CO)C(OC2OC(CO)C(OC3OC(CO)C(O)C(O)C3O)C(O)C2O)C(O)C1O)C(O)CCCCCCCCCCCCC. The van der Waals surface area contributed by atoms with Gasteiger partial charge in [-0.05, 0) is 12.8 Å². The number of carbonyl (C=O) groups excluding carboxylic acids is 1. The summed E-state index contributed by atoms with van der Waals surface area (Å²) in [7, 11) is 0. The molecule has 3 aliphatic rings. The average Bonchev–Trinajstić information content (AvgIpc) is 1.33. The molecule has 0 aromatic heterocycles. The zero-order valence-corrected chi connectivity index (χ0v) is 55.9. The second-order valence-electron chi connectivity index (χ2n) is 26.8. The molecule has 12 N–H and O–H groups in total. The summed E-state index contributed by atoms with van der Waals surface area (Å²) in [6.45, 7) is 1.82. The molecule has 19 heteroatoms. The first-order valence-electron chi connectivity index (χ1n) is 36.8. The molecule has 0 aromatic rings. The lowest BCUT2D eigenvalue weighted by Gasteiger charge is -2.48. The van der Waals surface area contributed by atoms with Crippen molar-refractivity contribution in [3.05, 3.63) is 0 Å². The van der Waals surface area contributed by atoms with Crippen molar-refractivity contribution in [1.29, 1.82) is 0 Å². The first-order valence-corrected chi connectivity index (χ1v) is 36.8. The van der Waals surface area contributed by atoms with E-state index in [1.54, 1.807) is 0 Å². The minimum Gasteiger partial charge on any atom is -0.394 e. The Balaban J connectivity index is 1.31. The van der Waals surface area contributed by atoms with Crippen molar-refractivity contribution in [2.75, 3.05) is 26.4 Å². The molecule has 17 atom stereocenters. The fourth-order valence-corrected chi connectivity index (χ4v) is 13.0. The number of hydrogen-bond acceptors (Lipinski definition) is 18. The van der Waals surface area contributed by atoms with E-state index in [9.17, 15) is 61.0 Å². The lowest BCUT2D eigenvalue weighted by Crippen LogP contribution is -2.66. The summed E-state index contributed by atoms with van der Waals surface area (Å²) in [5.74, 6) is -0.237. The summed E-state index contributed by atoms with van der Waals surface area (Å²) in [6, 6.07) is -0.880. The number of rotatable bonds is 58. The second kappa shape index (κ2) is 53.0. The Labute approximate surface area is 538 Å². The molecule has 528 valence electrons. The number of carbonyl (C=O) groups is 1. The van der Waals surface area contributed by atoms with Gasteiger partial charge in [-0.15, -0.1) is 0 Å². The van der Waals surface area contributed by atoms with Crippen molar-refractivity contribution in [2.24, 2.45) is 0 Å². The maximum Gasteiger partial charge on any atom is 0.220 e. The average molecular weight is 1280 g/mol. The monoisotopic (exact) mass is 1280 g/mol. The standard InChI is InChI=1S/C70H135NO18/c1-3-5-7-9-11-13-15-16-17-18-19-20-21-22-23-24-25-26-27-28-29-30-31-32-33-34-35-36-38-40-42-44-46-48-58(76)71-53(54(75)47-45-43-41-39-37-14-12-10-8-6-4-2)52-84-68-64(82)61(79)66(56(50-73)86-68)89-70-65(83)62(80)67(57(51-74)87-70)88-69-63(81)60(78)59(77)55(49-72)85-69/h53-57,59-70,72-75,77-83H,3-52H2,1-2H3,(H,71,76). The third kappa shape index (κ3) is 34.9. The Hall–Kier alpha value is -1.21. The van der Waals surface area contributed by atoms with Crippen LogP contribution in [-0.4, -0.2) is 193 Å². The van der Waals surface area contributed by atoms with Gasteiger partial charge in [-0.1, -0.05) is 290 Å². The first-order chi connectivity index (χ1) is 43.3. The van der Waals surface area contributed by atoms with Crippen LogP contribution in [0.5, 0.6) is 0 Å². The zero-order valence-electron chi connectivity index (χ0n) is 55.9. The van der Waals surface area contributed by atoms with Crippen LogP contribution in [0.25, 0.3) is 0 Å². The van der Waals surface area contributed by atoms with E-state index in [0.717, 1.165) is 44.9 Å². The van der Waals surface area contributed by atoms with Gasteiger partial charge in [0.25, 0.3) is 0 Å². The molecule has 0 aliphatic carbocycles. The summed E-state index contributed by atoms with van der Waals surface area (Å²) < 4.78 is 34.4. The molecule has 19 nitrogen and oxygen atoms in total. The van der Waals surface area contributed by atoms with E-state index in [2.05, 4.69) is 19.2 Å². The quantitative estimate of drug-likeness (QED) is 0.0252. The van der Waals surface area contributed by atoms with Crippen LogP contribution < -0.4 is 5.32 Å². The van der Waals surface area contributed by atoms with Gasteiger partial charge in [-0.25, -0.2) is 0 Å². The highest BCUT2D eigenvalue weighted by Gasteiger charge is 2.53. The first kappa shape index (κ1) is 82.0. The third-order valence-electron chi connectivity index (χ3n) is 18.9. The lowest BCUT2D eigenvalue weighted by molar-refractivity contribution is -0.379. The van der Waals surface area contributed by atoms with Crippen molar-refractivity contribution in [3.63, 3.8) is 0 Å². The molecule has 3 aliphatic heterocycles. The molecule has 0 aromatic carbocycles. The van der Waals surface area contributed by atoms with Gasteiger partial charge in [0.1, 0.15) is 73.2 Å². The van der Waals surface area contributed by atoms with Gasteiger partial charge in [0, 0.05) is 6.42 Å². The van der Waals surface area contributed by atoms with Gasteiger partial charge in [0.05, 0.1) is 38.6 Å². The van der Waals surface area contributed by atoms with Gasteiger partial charge in [0.2, 0.25) is 5.91 Å². The fraction of sp³-hybridized carbons (Fsp3) is 0.986. The minimum atomic E-state index is -1.97. The fourth-order valence-electron chi connectivity index (χ4n) is 13.0. The van der Waals surface area contributed by atoms with Crippen LogP contribution in [-0.2, 0) is 33.2 Å². The van der Waals surface area contributed by atoms with E-state index < -0.39 is 124 Å². The highest BCUT2D eigenvalue weighted by Crippen LogP contribution is 2.33. The molecular formula is C70H135NO18. The van der Waals surface area contributed by atoms with Gasteiger partial charge >= 0.3 is 0 Å². The molecule has 1 amide bonds. The zero-order chi connectivity index (χ0) is 64.7. The molecule has 3 fully saturated rings. The van der Waals surface area contributed by atoms with Gasteiger partial charge in [0.15, 0.2) is 18.9 Å². The maximum absolute atomic E-state index is 13.4. The summed E-state index contributed by atoms with van der Waals surface area (Å²) in [6.07, 6.45) is 30.9. The summed E-state index contributed by atoms with van der Waals surface area (Å²) in [5.41, 5.74) is 0. The van der Waals surface area contributed by atoms with Crippen LogP contribution in [0.15, 0.2) is 0 Å². The highest BCUT2D eigenvalue weighted by molar-refractivity contribution is 5.76. The van der Waals surface area contributed by atoms with E-state index in [1.807, 2.05) is 0 Å². The summed E-state index contributed by atoms with van der Waals surface area (Å²) >= 11 is 0. The molecule has 0 saturated carbocycles. The molecule has 17 unspecified atom stereocenters. The number of unbranched alkanes of at least 4 members (excludes halogenated alkanes) is 42. The van der Waals surface area contributed by atoms with Gasteiger partial charge in [-0.3, -0.25) is 4.79 Å². The van der Waals surface area contributed by atoms with Crippen LogP contribution in [0.4, 0.5) is 0 Å². The van der Waals surface area contributed by atoms with E-state index >= 15 is 0 Å². The summed E-state index contributed by atoms with van der Waals surface area (Å²) in [4.78, 5) is 13.4. The molecule has 3 saturated heterocycles. The number of amides is 1. The minimum absolute atomic E-state index is 0.237. The van der Waals surface area contributed by atoms with Crippen LogP contribution in [0.1, 0.15) is 309 Å². The van der Waals surface area contributed by atoms with Crippen LogP contribution in [0.3, 0.4) is 0 Å². The van der Waals surface area contributed by atoms with Crippen molar-refractivity contribution < 1.29 is 89.4 Å². The van der Waals surface area contributed by atoms with E-state index in [-0.39, 0.29) is 18.9 Å². The third-order valence-corrected chi connectivity index (χ3v) is 18.9. The van der Waals surface area contributed by atoms with Crippen molar-refractivity contribution in [1.82, 2.24) is 5.32 Å². The normalized spacial score (nSPS) is 28.1. The topological polar surface area (TPSA) is 307 Å². The van der Waals surface area contributed by atoms with Crippen LogP contribution in [0.2, 0.25) is 0 Å². The number of ether oxygens (including phenoxy) is 6. The number of hydrogen-bond donors (Lipinski definition) is 12. The predicted molar refractivity (Wildman–Crippen MR) is 347 cm³/mol. The van der Waals surface area contributed by atoms with E-state index in [4.69, 9.17) is 28.4 Å². The molecule has 0 spiro atoms. The Kier molecular flexibility index (Phi) is 48.8. The molecule has 3 rings (SSSR count). The van der Waals surface area contributed by atoms with E-state index in [1.165, 1.54) is 231 Å². The second-order valence-corrected chi connectivity index (χ2v) is 26.8. The Bertz CT molecular complexity index is 1620. The molecule has 89 heavy (non-hydrogen) atoms. The van der Waals surface area contributed by atoms with Crippen LogP contribution >= 0.6 is 0 Å². The van der Waals surface area contributed by atoms with Crippen molar-refractivity contribution >= 4 is 5.91 Å². The number of aliphatic hydroxyl groups is 11. The highest BCUT2D eigenvalue weighted by atomic mass is 16.8. The molecule has 3 heterocycles. The van der Waals surface area contributed by atoms with Crippen LogP contribution in [0, 0.1) is 0 Å². The van der Waals surface area contributed by atoms with Gasteiger partial charge in [-0.2, -0.15) is 0 Å². The number of aliphatic hydroxyl groups excluding tert-OH is 11. The smallest absolute Gasteiger partial charge is 0.220 e. The Morgan fingerprint density at radius 1 is 0.360 bits per heavy atom. The molecule has 0 radical (unpaired) electrons.